The van der Waals surface area contributed by atoms with Gasteiger partial charge in [0, 0.05) is 6.42 Å². The molecule has 0 heterocycles. The SMILES string of the molecule is CCCCCCCCCCCCCCC/C=C\C/C=C\CCCCCCCCCCCCCCCCCCCC(=O)NC(COP(=O)(O)OCC[N+](C)(C)C)C(O)CCCCCCCCCCCCCCCCCCCC. The van der Waals surface area contributed by atoms with E-state index >= 15 is 0 Å². The molecule has 0 fully saturated rings. The van der Waals surface area contributed by atoms with Crippen LogP contribution in [0.4, 0.5) is 0 Å². The molecule has 0 aliphatic heterocycles. The summed E-state index contributed by atoms with van der Waals surface area (Å²) in [5.41, 5.74) is 0. The average Bonchev–Trinajstić information content (AvgIpc) is 3.39. The van der Waals surface area contributed by atoms with Crippen LogP contribution < -0.4 is 5.32 Å². The number of amides is 1. The van der Waals surface area contributed by atoms with Crippen LogP contribution in [0.5, 0.6) is 0 Å². The number of nitrogens with one attached hydrogen (secondary N) is 1. The van der Waals surface area contributed by atoms with E-state index in [0.29, 0.717) is 23.9 Å². The molecule has 3 unspecified atom stereocenters. The van der Waals surface area contributed by atoms with Gasteiger partial charge in [-0.2, -0.15) is 0 Å². The number of quaternary nitrogens is 1. The highest BCUT2D eigenvalue weighted by Gasteiger charge is 2.28. The van der Waals surface area contributed by atoms with E-state index < -0.39 is 20.0 Å². The van der Waals surface area contributed by atoms with E-state index in [0.717, 1.165) is 44.9 Å². The second kappa shape index (κ2) is 59.6. The molecule has 1 amide bonds. The van der Waals surface area contributed by atoms with Crippen LogP contribution in [0.2, 0.25) is 0 Å². The minimum Gasteiger partial charge on any atom is -0.391 e. The summed E-state index contributed by atoms with van der Waals surface area (Å²) in [7, 11) is 1.63. The molecular formula is C68H136N2O6P+. The number of rotatable bonds is 64. The summed E-state index contributed by atoms with van der Waals surface area (Å²) in [6.07, 6.45) is 77.1. The van der Waals surface area contributed by atoms with Gasteiger partial charge in [0.25, 0.3) is 0 Å². The molecule has 0 aliphatic carbocycles. The molecule has 458 valence electrons. The number of carbonyl (C=O) groups is 1. The maximum atomic E-state index is 13.0. The molecule has 0 spiro atoms. The summed E-state index contributed by atoms with van der Waals surface area (Å²) in [4.78, 5) is 23.4. The van der Waals surface area contributed by atoms with Gasteiger partial charge in [-0.25, -0.2) is 4.57 Å². The standard InChI is InChI=1S/C68H135N2O6P/c1-6-8-10-12-14-16-18-20-22-24-26-27-28-29-30-31-32-33-34-35-36-37-38-39-40-41-42-43-44-46-48-50-52-54-56-58-60-62-68(72)69-66(65-76-77(73,74)75-64-63-70(3,4)5)67(71)61-59-57-55-53-51-49-47-45-25-23-21-19-17-15-13-11-9-7-2/h30-31,33-34,66-67,71H,6-29,32,35-65H2,1-5H3,(H-,69,72,73,74)/p+1/b31-30-,34-33-. The molecular weight excluding hydrogens is 972 g/mol. The Hall–Kier alpha value is -1.02. The molecule has 0 aromatic heterocycles. The summed E-state index contributed by atoms with van der Waals surface area (Å²) < 4.78 is 23.8. The van der Waals surface area contributed by atoms with Gasteiger partial charge in [0.1, 0.15) is 13.2 Å². The van der Waals surface area contributed by atoms with Gasteiger partial charge in [-0.1, -0.05) is 327 Å². The topological polar surface area (TPSA) is 105 Å². The number of phosphoric acid groups is 1. The zero-order valence-electron chi connectivity index (χ0n) is 52.5. The number of hydrogen-bond donors (Lipinski definition) is 3. The summed E-state index contributed by atoms with van der Waals surface area (Å²) in [5.74, 6) is -0.138. The van der Waals surface area contributed by atoms with Crippen LogP contribution in [-0.2, 0) is 18.4 Å². The Morgan fingerprint density at radius 2 is 0.740 bits per heavy atom. The molecule has 0 aliphatic rings. The van der Waals surface area contributed by atoms with Gasteiger partial charge in [-0.05, 0) is 44.9 Å². The first-order valence-corrected chi connectivity index (χ1v) is 35.7. The summed E-state index contributed by atoms with van der Waals surface area (Å²) >= 11 is 0. The third-order valence-corrected chi connectivity index (χ3v) is 16.9. The molecule has 0 saturated carbocycles. The summed E-state index contributed by atoms with van der Waals surface area (Å²) in [6.45, 7) is 4.94. The van der Waals surface area contributed by atoms with E-state index in [4.69, 9.17) is 9.05 Å². The predicted molar refractivity (Wildman–Crippen MR) is 337 cm³/mol. The van der Waals surface area contributed by atoms with Crippen LogP contribution in [0.15, 0.2) is 24.3 Å². The number of aliphatic hydroxyl groups is 1. The lowest BCUT2D eigenvalue weighted by atomic mass is 10.0. The first-order chi connectivity index (χ1) is 37.5. The van der Waals surface area contributed by atoms with Gasteiger partial charge < -0.3 is 19.8 Å². The second-order valence-corrected chi connectivity index (χ2v) is 26.4. The molecule has 3 N–H and O–H groups in total. The number of allylic oxidation sites excluding steroid dienone is 4. The second-order valence-electron chi connectivity index (χ2n) is 24.9. The van der Waals surface area contributed by atoms with Crippen LogP contribution in [0.25, 0.3) is 0 Å². The Bertz CT molecular complexity index is 1300. The quantitative estimate of drug-likeness (QED) is 0.0243. The Kier molecular flexibility index (Phi) is 58.8. The van der Waals surface area contributed by atoms with Crippen molar-refractivity contribution < 1.29 is 32.9 Å². The van der Waals surface area contributed by atoms with Crippen LogP contribution in [0, 0.1) is 0 Å². The van der Waals surface area contributed by atoms with E-state index in [9.17, 15) is 19.4 Å². The first-order valence-electron chi connectivity index (χ1n) is 34.2. The van der Waals surface area contributed by atoms with Crippen LogP contribution >= 0.6 is 7.82 Å². The van der Waals surface area contributed by atoms with E-state index in [-0.39, 0.29) is 19.1 Å². The zero-order valence-corrected chi connectivity index (χ0v) is 53.4. The Balaban J connectivity index is 3.94. The van der Waals surface area contributed by atoms with Gasteiger partial charge in [-0.3, -0.25) is 13.8 Å². The van der Waals surface area contributed by atoms with Crippen molar-refractivity contribution in [3.8, 4) is 0 Å². The van der Waals surface area contributed by atoms with E-state index in [1.54, 1.807) is 0 Å². The third-order valence-electron chi connectivity index (χ3n) is 16.0. The molecule has 3 atom stereocenters. The minimum atomic E-state index is -4.32. The molecule has 9 heteroatoms. The maximum absolute atomic E-state index is 13.0. The Morgan fingerprint density at radius 3 is 1.06 bits per heavy atom. The van der Waals surface area contributed by atoms with Gasteiger partial charge in [0.15, 0.2) is 0 Å². The monoisotopic (exact) mass is 1110 g/mol. The van der Waals surface area contributed by atoms with E-state index in [1.165, 1.54) is 283 Å². The molecule has 77 heavy (non-hydrogen) atoms. The highest BCUT2D eigenvalue weighted by molar-refractivity contribution is 7.47. The van der Waals surface area contributed by atoms with E-state index in [2.05, 4.69) is 43.5 Å². The Morgan fingerprint density at radius 1 is 0.442 bits per heavy atom. The van der Waals surface area contributed by atoms with Crippen molar-refractivity contribution in [2.45, 2.75) is 366 Å². The molecule has 0 rings (SSSR count). The lowest BCUT2D eigenvalue weighted by Gasteiger charge is -2.26. The average molecular weight is 1110 g/mol. The van der Waals surface area contributed by atoms with Gasteiger partial charge in [0.2, 0.25) is 5.91 Å². The minimum absolute atomic E-state index is 0.0771. The van der Waals surface area contributed by atoms with Gasteiger partial charge >= 0.3 is 7.82 Å². The fraction of sp³-hybridized carbons (Fsp3) is 0.926. The van der Waals surface area contributed by atoms with Crippen molar-refractivity contribution in [1.82, 2.24) is 5.32 Å². The van der Waals surface area contributed by atoms with Gasteiger partial charge in [-0.15, -0.1) is 0 Å². The number of unbranched alkanes of at least 4 members (excludes halogenated alkanes) is 47. The summed E-state index contributed by atoms with van der Waals surface area (Å²) in [6, 6.07) is -0.759. The van der Waals surface area contributed by atoms with Crippen LogP contribution in [0.1, 0.15) is 354 Å². The number of nitrogens with zero attached hydrogens (tertiary/aromatic N) is 1. The molecule has 0 aromatic carbocycles. The van der Waals surface area contributed by atoms with Crippen molar-refractivity contribution >= 4 is 13.7 Å². The largest absolute Gasteiger partial charge is 0.472 e. The Labute approximate surface area is 481 Å². The highest BCUT2D eigenvalue weighted by Crippen LogP contribution is 2.43. The van der Waals surface area contributed by atoms with Crippen LogP contribution in [0.3, 0.4) is 0 Å². The lowest BCUT2D eigenvalue weighted by molar-refractivity contribution is -0.870. The van der Waals surface area contributed by atoms with Crippen molar-refractivity contribution in [2.24, 2.45) is 0 Å². The lowest BCUT2D eigenvalue weighted by Crippen LogP contribution is -2.46. The third kappa shape index (κ3) is 62.4. The van der Waals surface area contributed by atoms with Crippen molar-refractivity contribution in [3.05, 3.63) is 24.3 Å². The fourth-order valence-corrected chi connectivity index (χ4v) is 11.3. The zero-order chi connectivity index (χ0) is 56.3. The molecule has 8 nitrogen and oxygen atoms in total. The van der Waals surface area contributed by atoms with Gasteiger partial charge in [0.05, 0.1) is 39.9 Å². The molecule has 0 bridgehead atoms. The molecule has 0 aromatic rings. The normalized spacial score (nSPS) is 13.8. The van der Waals surface area contributed by atoms with Crippen molar-refractivity contribution in [2.75, 3.05) is 40.9 Å². The number of likely N-dealkylation sites (N-methyl/N-ethyl adjacent to an activating group) is 1. The highest BCUT2D eigenvalue weighted by atomic mass is 31.2. The molecule has 0 saturated heterocycles. The van der Waals surface area contributed by atoms with Crippen LogP contribution in [-0.4, -0.2) is 73.4 Å². The predicted octanol–water partition coefficient (Wildman–Crippen LogP) is 21.5. The molecule has 0 radical (unpaired) electrons. The van der Waals surface area contributed by atoms with Crippen molar-refractivity contribution in [1.29, 1.82) is 0 Å². The first kappa shape index (κ1) is 76.0. The smallest absolute Gasteiger partial charge is 0.391 e. The number of hydrogen-bond acceptors (Lipinski definition) is 5. The summed E-state index contributed by atoms with van der Waals surface area (Å²) in [5, 5.41) is 14.1. The number of aliphatic hydroxyl groups excluding tert-OH is 1. The number of phosphoric ester groups is 1. The fourth-order valence-electron chi connectivity index (χ4n) is 10.6. The van der Waals surface area contributed by atoms with E-state index in [1.807, 2.05) is 21.1 Å². The number of carbonyl (C=O) groups excluding carboxylic acids is 1. The maximum Gasteiger partial charge on any atom is 0.472 e. The van der Waals surface area contributed by atoms with Crippen molar-refractivity contribution in [3.63, 3.8) is 0 Å².